The first-order valence-electron chi connectivity index (χ1n) is 4.10. The van der Waals surface area contributed by atoms with Crippen molar-refractivity contribution in [3.8, 4) is 5.75 Å². The summed E-state index contributed by atoms with van der Waals surface area (Å²) >= 11 is 11.5. The van der Waals surface area contributed by atoms with Gasteiger partial charge in [0.25, 0.3) is 0 Å². The van der Waals surface area contributed by atoms with Gasteiger partial charge >= 0.3 is 0 Å². The number of rotatable bonds is 3. The summed E-state index contributed by atoms with van der Waals surface area (Å²) in [5.74, 6) is -0.00887. The number of halogens is 2. The van der Waals surface area contributed by atoms with Crippen molar-refractivity contribution in [1.29, 1.82) is 0 Å². The molecule has 0 unspecified atom stereocenters. The maximum absolute atomic E-state index is 9.61. The van der Waals surface area contributed by atoms with Gasteiger partial charge in [-0.2, -0.15) is 0 Å². The highest BCUT2D eigenvalue weighted by Crippen LogP contribution is 2.34. The monoisotopic (exact) mass is 231 g/mol. The van der Waals surface area contributed by atoms with Crippen LogP contribution in [0.3, 0.4) is 0 Å². The second-order valence-corrected chi connectivity index (χ2v) is 3.80. The van der Waals surface area contributed by atoms with E-state index in [2.05, 4.69) is 6.58 Å². The van der Waals surface area contributed by atoms with Crippen LogP contribution in [0, 0.1) is 0 Å². The molecule has 0 heterocycles. The van der Waals surface area contributed by atoms with Gasteiger partial charge in [-0.3, -0.25) is 0 Å². The van der Waals surface area contributed by atoms with E-state index in [1.165, 1.54) is 6.07 Å². The zero-order valence-corrected chi connectivity index (χ0v) is 9.02. The third-order valence-electron chi connectivity index (χ3n) is 1.88. The molecule has 0 aliphatic heterocycles. The molecular formula is C10H11Cl2NO. The molecule has 1 atom stereocenters. The summed E-state index contributed by atoms with van der Waals surface area (Å²) < 4.78 is 0. The molecule has 0 bridgehead atoms. The second-order valence-electron chi connectivity index (χ2n) is 2.96. The highest BCUT2D eigenvalue weighted by molar-refractivity contribution is 6.35. The molecule has 2 nitrogen and oxygen atoms in total. The van der Waals surface area contributed by atoms with E-state index in [1.807, 2.05) is 0 Å². The van der Waals surface area contributed by atoms with Gasteiger partial charge in [-0.15, -0.1) is 6.58 Å². The van der Waals surface area contributed by atoms with Crippen molar-refractivity contribution in [2.75, 3.05) is 0 Å². The fourth-order valence-electron chi connectivity index (χ4n) is 1.18. The summed E-state index contributed by atoms with van der Waals surface area (Å²) in [5.41, 5.74) is 6.34. The van der Waals surface area contributed by atoms with Crippen LogP contribution in [0.1, 0.15) is 18.0 Å². The van der Waals surface area contributed by atoms with Crippen LogP contribution in [0.2, 0.25) is 10.0 Å². The van der Waals surface area contributed by atoms with Crippen molar-refractivity contribution in [1.82, 2.24) is 0 Å². The number of hydrogen-bond acceptors (Lipinski definition) is 2. The molecule has 0 aromatic heterocycles. The molecule has 0 saturated carbocycles. The number of hydrogen-bond donors (Lipinski definition) is 2. The van der Waals surface area contributed by atoms with Gasteiger partial charge in [-0.1, -0.05) is 29.3 Å². The number of nitrogens with two attached hydrogens (primary N) is 1. The van der Waals surface area contributed by atoms with Crippen molar-refractivity contribution in [3.05, 3.63) is 40.4 Å². The third kappa shape index (κ3) is 2.41. The molecule has 0 spiro atoms. The van der Waals surface area contributed by atoms with Crippen molar-refractivity contribution >= 4 is 23.2 Å². The van der Waals surface area contributed by atoms with Crippen LogP contribution < -0.4 is 5.73 Å². The largest absolute Gasteiger partial charge is 0.506 e. The Hall–Kier alpha value is -0.700. The maximum Gasteiger partial charge on any atom is 0.139 e. The quantitative estimate of drug-likeness (QED) is 0.785. The van der Waals surface area contributed by atoms with Crippen LogP contribution >= 0.6 is 23.2 Å². The molecule has 0 saturated heterocycles. The Balaban J connectivity index is 3.12. The molecule has 0 aliphatic carbocycles. The van der Waals surface area contributed by atoms with Crippen LogP contribution in [-0.4, -0.2) is 5.11 Å². The predicted octanol–water partition coefficient (Wildman–Crippen LogP) is 3.27. The smallest absolute Gasteiger partial charge is 0.139 e. The molecule has 14 heavy (non-hydrogen) atoms. The lowest BCUT2D eigenvalue weighted by Crippen LogP contribution is -2.09. The fraction of sp³-hybridized carbons (Fsp3) is 0.200. The van der Waals surface area contributed by atoms with E-state index >= 15 is 0 Å². The topological polar surface area (TPSA) is 46.2 Å². The second kappa shape index (κ2) is 4.69. The zero-order chi connectivity index (χ0) is 10.7. The van der Waals surface area contributed by atoms with Gasteiger partial charge in [0, 0.05) is 16.6 Å². The van der Waals surface area contributed by atoms with Crippen LogP contribution in [0.4, 0.5) is 0 Å². The number of phenolic OH excluding ortho intramolecular Hbond substituents is 1. The van der Waals surface area contributed by atoms with Gasteiger partial charge in [-0.05, 0) is 18.6 Å². The lowest BCUT2D eigenvalue weighted by atomic mass is 10.0. The zero-order valence-electron chi connectivity index (χ0n) is 7.50. The van der Waals surface area contributed by atoms with Crippen molar-refractivity contribution in [2.24, 2.45) is 5.73 Å². The number of benzene rings is 1. The van der Waals surface area contributed by atoms with E-state index in [4.69, 9.17) is 28.9 Å². The van der Waals surface area contributed by atoms with Crippen molar-refractivity contribution in [3.63, 3.8) is 0 Å². The number of phenols is 1. The molecule has 3 N–H and O–H groups in total. The van der Waals surface area contributed by atoms with Gasteiger partial charge < -0.3 is 10.8 Å². The van der Waals surface area contributed by atoms with Gasteiger partial charge in [0.2, 0.25) is 0 Å². The Morgan fingerprint density at radius 3 is 2.71 bits per heavy atom. The van der Waals surface area contributed by atoms with E-state index in [-0.39, 0.29) is 16.8 Å². The highest BCUT2D eigenvalue weighted by atomic mass is 35.5. The van der Waals surface area contributed by atoms with E-state index < -0.39 is 0 Å². The lowest BCUT2D eigenvalue weighted by molar-refractivity contribution is 0.462. The summed E-state index contributed by atoms with van der Waals surface area (Å²) in [7, 11) is 0. The Bertz CT molecular complexity index is 352. The number of aromatic hydroxyl groups is 1. The summed E-state index contributed by atoms with van der Waals surface area (Å²) in [5, 5.41) is 10.3. The summed E-state index contributed by atoms with van der Waals surface area (Å²) in [6.45, 7) is 3.57. The Morgan fingerprint density at radius 2 is 2.14 bits per heavy atom. The molecule has 0 aliphatic rings. The molecular weight excluding hydrogens is 221 g/mol. The first-order chi connectivity index (χ1) is 6.56. The van der Waals surface area contributed by atoms with Crippen LogP contribution in [0.5, 0.6) is 5.75 Å². The fourth-order valence-corrected chi connectivity index (χ4v) is 1.68. The van der Waals surface area contributed by atoms with Gasteiger partial charge in [0.15, 0.2) is 0 Å². The summed E-state index contributed by atoms with van der Waals surface area (Å²) in [6.07, 6.45) is 2.24. The lowest BCUT2D eigenvalue weighted by Gasteiger charge is -2.12. The van der Waals surface area contributed by atoms with Gasteiger partial charge in [0.05, 0.1) is 5.02 Å². The molecule has 0 fully saturated rings. The minimum absolute atomic E-state index is 0.00887. The average Bonchev–Trinajstić information content (AvgIpc) is 2.11. The van der Waals surface area contributed by atoms with E-state index in [9.17, 15) is 5.11 Å². The standard InChI is InChI=1S/C10H11Cl2NO/c1-2-3-9(13)7-4-6(11)5-8(12)10(7)14/h2,4-5,9,14H,1,3,13H2/t9-/m0/s1. The molecule has 1 rings (SSSR count). The average molecular weight is 232 g/mol. The van der Waals surface area contributed by atoms with Gasteiger partial charge in [0.1, 0.15) is 5.75 Å². The highest BCUT2D eigenvalue weighted by Gasteiger charge is 2.13. The molecule has 0 radical (unpaired) electrons. The van der Waals surface area contributed by atoms with Crippen LogP contribution in [-0.2, 0) is 0 Å². The normalized spacial score (nSPS) is 12.5. The van der Waals surface area contributed by atoms with E-state index in [0.717, 1.165) is 0 Å². The first kappa shape index (κ1) is 11.4. The maximum atomic E-state index is 9.61. The Morgan fingerprint density at radius 1 is 1.50 bits per heavy atom. The molecule has 76 valence electrons. The summed E-state index contributed by atoms with van der Waals surface area (Å²) in [4.78, 5) is 0. The predicted molar refractivity (Wildman–Crippen MR) is 59.9 cm³/mol. The summed E-state index contributed by atoms with van der Waals surface area (Å²) in [6, 6.07) is 2.75. The van der Waals surface area contributed by atoms with E-state index in [1.54, 1.807) is 12.1 Å². The minimum Gasteiger partial charge on any atom is -0.506 e. The SMILES string of the molecule is C=CC[C@H](N)c1cc(Cl)cc(Cl)c1O. The first-order valence-corrected chi connectivity index (χ1v) is 4.86. The molecule has 0 amide bonds. The molecule has 1 aromatic carbocycles. The molecule has 4 heteroatoms. The van der Waals surface area contributed by atoms with Crippen molar-refractivity contribution < 1.29 is 5.11 Å². The van der Waals surface area contributed by atoms with Crippen LogP contribution in [0.15, 0.2) is 24.8 Å². The van der Waals surface area contributed by atoms with Crippen molar-refractivity contribution in [2.45, 2.75) is 12.5 Å². The Labute approximate surface area is 92.9 Å². The van der Waals surface area contributed by atoms with E-state index in [0.29, 0.717) is 17.0 Å². The van der Waals surface area contributed by atoms with Gasteiger partial charge in [-0.25, -0.2) is 0 Å². The minimum atomic E-state index is -0.330. The Kier molecular flexibility index (Phi) is 3.81. The molecule has 1 aromatic rings. The third-order valence-corrected chi connectivity index (χ3v) is 2.38. The van der Waals surface area contributed by atoms with Crippen LogP contribution in [0.25, 0.3) is 0 Å².